The minimum absolute atomic E-state index is 0.477. The van der Waals surface area contributed by atoms with Crippen LogP contribution in [0.1, 0.15) is 24.0 Å². The Kier molecular flexibility index (Phi) is 6.14. The predicted molar refractivity (Wildman–Crippen MR) is 121 cm³/mol. The summed E-state index contributed by atoms with van der Waals surface area (Å²) in [6, 6.07) is 12.0. The largest absolute Gasteiger partial charge is 0.338 e. The lowest BCUT2D eigenvalue weighted by Gasteiger charge is -2.32. The fourth-order valence-corrected chi connectivity index (χ4v) is 3.17. The molecule has 0 atom stereocenters. The standard InChI is InChI=1S/C22H26N8/c1-3-7-18-16-20(28-27-18)24-21-23-19(11-10-17-8-5-4-6-9-17)25-22(26-21)30-14-12-29(2)13-15-30/h3-11,16H,12-15H2,1-2H3,(H2,23,24,25,26,27,28)/b7-3+,11-10+. The maximum absolute atomic E-state index is 4.69. The zero-order chi connectivity index (χ0) is 20.8. The molecule has 3 heterocycles. The van der Waals surface area contributed by atoms with E-state index in [1.807, 2.05) is 67.6 Å². The van der Waals surface area contributed by atoms with Gasteiger partial charge in [0.1, 0.15) is 0 Å². The Bertz CT molecular complexity index is 1020. The molecule has 2 N–H and O–H groups in total. The Balaban J connectivity index is 1.61. The average molecular weight is 403 g/mol. The van der Waals surface area contributed by atoms with Crippen LogP contribution in [0.4, 0.5) is 17.7 Å². The van der Waals surface area contributed by atoms with Crippen LogP contribution in [0.3, 0.4) is 0 Å². The van der Waals surface area contributed by atoms with Crippen molar-refractivity contribution in [3.8, 4) is 0 Å². The molecule has 0 saturated carbocycles. The molecule has 1 aromatic carbocycles. The van der Waals surface area contributed by atoms with E-state index in [0.717, 1.165) is 37.4 Å². The molecule has 0 amide bonds. The lowest BCUT2D eigenvalue weighted by Crippen LogP contribution is -2.45. The minimum Gasteiger partial charge on any atom is -0.338 e. The normalized spacial score (nSPS) is 15.3. The molecule has 1 saturated heterocycles. The van der Waals surface area contributed by atoms with E-state index >= 15 is 0 Å². The van der Waals surface area contributed by atoms with E-state index in [9.17, 15) is 0 Å². The van der Waals surface area contributed by atoms with Crippen LogP contribution < -0.4 is 10.2 Å². The quantitative estimate of drug-likeness (QED) is 0.654. The maximum Gasteiger partial charge on any atom is 0.233 e. The summed E-state index contributed by atoms with van der Waals surface area (Å²) in [6.45, 7) is 5.70. The van der Waals surface area contributed by atoms with Gasteiger partial charge in [-0.1, -0.05) is 42.5 Å². The molecule has 1 aliphatic rings. The maximum atomic E-state index is 4.69. The summed E-state index contributed by atoms with van der Waals surface area (Å²) in [5.74, 6) is 2.42. The van der Waals surface area contributed by atoms with Gasteiger partial charge in [-0.3, -0.25) is 5.10 Å². The molecule has 1 aliphatic heterocycles. The molecule has 0 spiro atoms. The number of allylic oxidation sites excluding steroid dienone is 1. The number of benzene rings is 1. The van der Waals surface area contributed by atoms with Gasteiger partial charge < -0.3 is 15.1 Å². The number of hydrogen-bond acceptors (Lipinski definition) is 7. The molecule has 0 aliphatic carbocycles. The van der Waals surface area contributed by atoms with Crippen molar-refractivity contribution >= 4 is 35.9 Å². The molecular weight excluding hydrogens is 376 g/mol. The van der Waals surface area contributed by atoms with E-state index in [4.69, 9.17) is 4.98 Å². The Morgan fingerprint density at radius 2 is 1.77 bits per heavy atom. The van der Waals surface area contributed by atoms with Crippen LogP contribution in [-0.2, 0) is 0 Å². The van der Waals surface area contributed by atoms with Crippen molar-refractivity contribution < 1.29 is 0 Å². The van der Waals surface area contributed by atoms with Crippen molar-refractivity contribution in [2.24, 2.45) is 0 Å². The van der Waals surface area contributed by atoms with Crippen LogP contribution in [0.15, 0.2) is 42.5 Å². The van der Waals surface area contributed by atoms with Crippen LogP contribution in [0.25, 0.3) is 18.2 Å². The number of rotatable bonds is 6. The van der Waals surface area contributed by atoms with Gasteiger partial charge in [-0.25, -0.2) is 0 Å². The summed E-state index contributed by atoms with van der Waals surface area (Å²) in [5.41, 5.74) is 2.01. The van der Waals surface area contributed by atoms with Gasteiger partial charge in [0.2, 0.25) is 11.9 Å². The summed E-state index contributed by atoms with van der Waals surface area (Å²) in [7, 11) is 2.13. The summed E-state index contributed by atoms with van der Waals surface area (Å²) in [4.78, 5) is 18.4. The Morgan fingerprint density at radius 1 is 0.967 bits per heavy atom. The summed E-state index contributed by atoms with van der Waals surface area (Å²) in [5, 5.41) is 10.5. The van der Waals surface area contributed by atoms with E-state index in [1.54, 1.807) is 0 Å². The molecule has 4 rings (SSSR count). The number of anilines is 3. The number of hydrogen-bond donors (Lipinski definition) is 2. The molecule has 1 fully saturated rings. The first-order valence-electron chi connectivity index (χ1n) is 10.1. The third-order valence-corrected chi connectivity index (χ3v) is 4.84. The molecular formula is C22H26N8. The van der Waals surface area contributed by atoms with Crippen LogP contribution in [0.5, 0.6) is 0 Å². The van der Waals surface area contributed by atoms with Crippen molar-refractivity contribution in [1.29, 1.82) is 0 Å². The van der Waals surface area contributed by atoms with Crippen LogP contribution in [-0.4, -0.2) is 63.3 Å². The fraction of sp³-hybridized carbons (Fsp3) is 0.273. The zero-order valence-electron chi connectivity index (χ0n) is 17.3. The first kappa shape index (κ1) is 19.8. The lowest BCUT2D eigenvalue weighted by atomic mass is 10.2. The average Bonchev–Trinajstić information content (AvgIpc) is 3.20. The van der Waals surface area contributed by atoms with Crippen molar-refractivity contribution in [3.63, 3.8) is 0 Å². The summed E-state index contributed by atoms with van der Waals surface area (Å²) in [6.07, 6.45) is 7.83. The highest BCUT2D eigenvalue weighted by atomic mass is 15.3. The van der Waals surface area contributed by atoms with Gasteiger partial charge in [-0.2, -0.15) is 20.1 Å². The highest BCUT2D eigenvalue weighted by Crippen LogP contribution is 2.18. The second-order valence-corrected chi connectivity index (χ2v) is 7.19. The third-order valence-electron chi connectivity index (χ3n) is 4.84. The van der Waals surface area contributed by atoms with Gasteiger partial charge in [-0.05, 0) is 31.7 Å². The zero-order valence-corrected chi connectivity index (χ0v) is 17.3. The summed E-state index contributed by atoms with van der Waals surface area (Å²) < 4.78 is 0. The topological polar surface area (TPSA) is 85.9 Å². The van der Waals surface area contributed by atoms with E-state index in [2.05, 4.69) is 42.3 Å². The second kappa shape index (κ2) is 9.32. The number of likely N-dealkylation sites (N-methyl/N-ethyl adjacent to an activating group) is 1. The molecule has 30 heavy (non-hydrogen) atoms. The van der Waals surface area contributed by atoms with Crippen molar-refractivity contribution in [2.45, 2.75) is 6.92 Å². The molecule has 8 nitrogen and oxygen atoms in total. The second-order valence-electron chi connectivity index (χ2n) is 7.19. The van der Waals surface area contributed by atoms with Gasteiger partial charge in [0.15, 0.2) is 11.6 Å². The number of aromatic amines is 1. The van der Waals surface area contributed by atoms with E-state index in [1.165, 1.54) is 0 Å². The molecule has 154 valence electrons. The van der Waals surface area contributed by atoms with E-state index < -0.39 is 0 Å². The molecule has 0 bridgehead atoms. The van der Waals surface area contributed by atoms with Crippen LogP contribution >= 0.6 is 0 Å². The molecule has 0 unspecified atom stereocenters. The molecule has 2 aromatic heterocycles. The van der Waals surface area contributed by atoms with Gasteiger partial charge in [0.05, 0.1) is 5.69 Å². The van der Waals surface area contributed by atoms with Crippen molar-refractivity contribution in [3.05, 3.63) is 59.6 Å². The van der Waals surface area contributed by atoms with Crippen molar-refractivity contribution in [2.75, 3.05) is 43.4 Å². The first-order chi connectivity index (χ1) is 14.7. The van der Waals surface area contributed by atoms with Gasteiger partial charge >= 0.3 is 0 Å². The van der Waals surface area contributed by atoms with Gasteiger partial charge in [-0.15, -0.1) is 0 Å². The Labute approximate surface area is 176 Å². The SMILES string of the molecule is C/C=C/c1cc(Nc2nc(/C=C/c3ccccc3)nc(N3CCN(C)CC3)n2)n[nH]1. The number of piperazine rings is 1. The number of nitrogens with zero attached hydrogens (tertiary/aromatic N) is 6. The monoisotopic (exact) mass is 402 g/mol. The van der Waals surface area contributed by atoms with E-state index in [0.29, 0.717) is 23.5 Å². The fourth-order valence-electron chi connectivity index (χ4n) is 3.17. The van der Waals surface area contributed by atoms with Crippen molar-refractivity contribution in [1.82, 2.24) is 30.0 Å². The number of H-pyrrole nitrogens is 1. The molecule has 3 aromatic rings. The predicted octanol–water partition coefficient (Wildman–Crippen LogP) is 3.29. The van der Waals surface area contributed by atoms with Gasteiger partial charge in [0.25, 0.3) is 0 Å². The first-order valence-corrected chi connectivity index (χ1v) is 10.1. The molecule has 8 heteroatoms. The third kappa shape index (κ3) is 5.09. The minimum atomic E-state index is 0.477. The highest BCUT2D eigenvalue weighted by Gasteiger charge is 2.18. The smallest absolute Gasteiger partial charge is 0.233 e. The Morgan fingerprint density at radius 3 is 2.53 bits per heavy atom. The van der Waals surface area contributed by atoms with Crippen LogP contribution in [0, 0.1) is 0 Å². The van der Waals surface area contributed by atoms with E-state index in [-0.39, 0.29) is 0 Å². The lowest BCUT2D eigenvalue weighted by molar-refractivity contribution is 0.311. The number of nitrogens with one attached hydrogen (secondary N) is 2. The Hall–Kier alpha value is -3.52. The molecule has 0 radical (unpaired) electrons. The number of aromatic nitrogens is 5. The summed E-state index contributed by atoms with van der Waals surface area (Å²) >= 11 is 0. The highest BCUT2D eigenvalue weighted by molar-refractivity contribution is 5.67. The van der Waals surface area contributed by atoms with Gasteiger partial charge in [0, 0.05) is 32.2 Å². The van der Waals surface area contributed by atoms with Crippen LogP contribution in [0.2, 0.25) is 0 Å².